The van der Waals surface area contributed by atoms with Crippen LogP contribution < -0.4 is 40.0 Å². The Morgan fingerprint density at radius 2 is 2.17 bits per heavy atom. The zero-order valence-corrected chi connectivity index (χ0v) is 16.3. The summed E-state index contributed by atoms with van der Waals surface area (Å²) in [6.07, 6.45) is 1.10. The molecule has 0 aliphatic carbocycles. The molecule has 0 bridgehead atoms. The summed E-state index contributed by atoms with van der Waals surface area (Å²) in [6, 6.07) is -0.359. The summed E-state index contributed by atoms with van der Waals surface area (Å²) < 4.78 is 4.80. The zero-order valence-electron chi connectivity index (χ0n) is 13.5. The van der Waals surface area contributed by atoms with Crippen molar-refractivity contribution < 1.29 is 58.6 Å². The summed E-state index contributed by atoms with van der Waals surface area (Å²) in [5.74, 6) is -2.64. The monoisotopic (exact) mass is 362 g/mol. The molecule has 0 saturated carbocycles. The fourth-order valence-corrected chi connectivity index (χ4v) is 3.61. The van der Waals surface area contributed by atoms with Gasteiger partial charge in [-0.05, 0) is 12.3 Å². The minimum absolute atomic E-state index is 0. The fraction of sp³-hybridized carbons (Fsp3) is 0.429. The van der Waals surface area contributed by atoms with Gasteiger partial charge in [0.1, 0.15) is 6.10 Å². The minimum atomic E-state index is -1.43. The molecule has 0 radical (unpaired) electrons. The molecule has 24 heavy (non-hydrogen) atoms. The molecule has 0 spiro atoms. The van der Waals surface area contributed by atoms with Gasteiger partial charge < -0.3 is 24.9 Å². The number of fused-ring (bicyclic) bond motifs is 1. The maximum absolute atomic E-state index is 12.2. The first-order valence-corrected chi connectivity index (χ1v) is 7.71. The van der Waals surface area contributed by atoms with E-state index in [4.69, 9.17) is 4.74 Å². The number of carboxylic acids is 1. The van der Waals surface area contributed by atoms with Crippen molar-refractivity contribution in [1.29, 1.82) is 0 Å². The van der Waals surface area contributed by atoms with Crippen LogP contribution in [0.2, 0.25) is 0 Å². The Balaban J connectivity index is 0.00000288. The van der Waals surface area contributed by atoms with Gasteiger partial charge in [-0.15, -0.1) is 0 Å². The van der Waals surface area contributed by atoms with Gasteiger partial charge >= 0.3 is 29.6 Å². The van der Waals surface area contributed by atoms with Crippen LogP contribution in [-0.2, 0) is 23.9 Å². The molecule has 0 aromatic heterocycles. The predicted octanol–water partition coefficient (Wildman–Crippen LogP) is -3.92. The van der Waals surface area contributed by atoms with Gasteiger partial charge in [0, 0.05) is 24.4 Å². The van der Waals surface area contributed by atoms with Crippen molar-refractivity contribution in [2.75, 3.05) is 0 Å². The number of β-lactam (4-membered cyclic amide) rings is 1. The molecule has 1 fully saturated rings. The molecule has 8 nitrogen and oxygen atoms in total. The van der Waals surface area contributed by atoms with Crippen LogP contribution in [0, 0.1) is 5.92 Å². The Morgan fingerprint density at radius 1 is 1.50 bits per heavy atom. The molecule has 0 unspecified atom stereocenters. The molecular formula is C14H15N2NaO6S. The van der Waals surface area contributed by atoms with Crippen LogP contribution in [-0.4, -0.2) is 41.3 Å². The summed E-state index contributed by atoms with van der Waals surface area (Å²) in [6.45, 7) is 3.21. The van der Waals surface area contributed by atoms with E-state index in [0.717, 1.165) is 11.8 Å². The van der Waals surface area contributed by atoms with Crippen molar-refractivity contribution in [2.24, 2.45) is 5.92 Å². The molecule has 2 aliphatic heterocycles. The van der Waals surface area contributed by atoms with Crippen molar-refractivity contribution in [3.63, 3.8) is 0 Å². The standard InChI is InChI=1S/C14H16N2O6S.Na/c1-7(22-6-17)11-9-5-10(23-4-3-15-8(2)18)12(14(20)21)16(9)13(11)19;/h3-4,6-7,9,11H,5H2,1-2H3,(H,15,18)(H,20,21);/q;+1/p-1/b4-3+;/t7-,9-,11-;/m1./s1. The molecule has 2 heterocycles. The quantitative estimate of drug-likeness (QED) is 0.279. The smallest absolute Gasteiger partial charge is 0.543 e. The Morgan fingerprint density at radius 3 is 2.71 bits per heavy atom. The van der Waals surface area contributed by atoms with Crippen LogP contribution in [0.5, 0.6) is 0 Å². The number of aliphatic carboxylic acids is 1. The van der Waals surface area contributed by atoms with Crippen LogP contribution in [0.25, 0.3) is 0 Å². The minimum Gasteiger partial charge on any atom is -0.543 e. The van der Waals surface area contributed by atoms with Gasteiger partial charge in [0.25, 0.3) is 6.47 Å². The van der Waals surface area contributed by atoms with E-state index >= 15 is 0 Å². The van der Waals surface area contributed by atoms with Crippen molar-refractivity contribution in [2.45, 2.75) is 32.4 Å². The number of amides is 2. The average molecular weight is 362 g/mol. The van der Waals surface area contributed by atoms with Crippen molar-refractivity contribution in [3.8, 4) is 0 Å². The van der Waals surface area contributed by atoms with Gasteiger partial charge in [0.05, 0.1) is 23.6 Å². The number of carbonyl (C=O) groups is 4. The number of thioether (sulfide) groups is 1. The molecule has 10 heteroatoms. The van der Waals surface area contributed by atoms with Crippen LogP contribution in [0.1, 0.15) is 20.3 Å². The topological polar surface area (TPSA) is 116 Å². The van der Waals surface area contributed by atoms with Crippen molar-refractivity contribution in [1.82, 2.24) is 10.2 Å². The Kier molecular flexibility index (Phi) is 7.53. The van der Waals surface area contributed by atoms with Crippen LogP contribution in [0.15, 0.2) is 22.2 Å². The van der Waals surface area contributed by atoms with Crippen LogP contribution in [0.4, 0.5) is 0 Å². The molecule has 2 rings (SSSR count). The molecule has 1 saturated heterocycles. The second-order valence-electron chi connectivity index (χ2n) is 5.12. The van der Waals surface area contributed by atoms with Gasteiger partial charge in [-0.2, -0.15) is 0 Å². The number of nitrogens with zero attached hydrogens (tertiary/aromatic N) is 1. The van der Waals surface area contributed by atoms with E-state index in [0.29, 0.717) is 11.3 Å². The number of hydrogen-bond donors (Lipinski definition) is 1. The Hall–Kier alpha value is -1.29. The van der Waals surface area contributed by atoms with E-state index in [-0.39, 0.29) is 53.7 Å². The Bertz CT molecular complexity index is 620. The third-order valence-electron chi connectivity index (χ3n) is 3.70. The summed E-state index contributed by atoms with van der Waals surface area (Å²) in [5, 5.41) is 15.3. The maximum atomic E-state index is 12.2. The van der Waals surface area contributed by atoms with Crippen molar-refractivity contribution in [3.05, 3.63) is 22.2 Å². The fourth-order valence-electron chi connectivity index (χ4n) is 2.75. The molecule has 0 aromatic carbocycles. The van der Waals surface area contributed by atoms with Gasteiger partial charge in [-0.1, -0.05) is 11.8 Å². The predicted molar refractivity (Wildman–Crippen MR) is 77.9 cm³/mol. The van der Waals surface area contributed by atoms with Gasteiger partial charge in [0.2, 0.25) is 11.8 Å². The third kappa shape index (κ3) is 4.02. The normalized spacial score (nSPS) is 23.2. The SMILES string of the molecule is CC(=O)N/C=C/SC1=C(C(=O)[O-])N2C(=O)[C@H]([C@@H](C)OC=O)[C@H]2C1.[Na+]. The van der Waals surface area contributed by atoms with Crippen LogP contribution >= 0.6 is 11.8 Å². The number of hydrogen-bond acceptors (Lipinski definition) is 7. The number of carbonyl (C=O) groups excluding carboxylic acids is 4. The molecule has 0 aromatic rings. The number of nitrogens with one attached hydrogen (secondary N) is 1. The summed E-state index contributed by atoms with van der Waals surface area (Å²) >= 11 is 1.10. The zero-order chi connectivity index (χ0) is 17.1. The molecular weight excluding hydrogens is 347 g/mol. The van der Waals surface area contributed by atoms with E-state index in [1.165, 1.54) is 23.4 Å². The molecule has 2 amide bonds. The first kappa shape index (κ1) is 20.8. The van der Waals surface area contributed by atoms with E-state index in [1.54, 1.807) is 6.92 Å². The van der Waals surface area contributed by atoms with E-state index in [2.05, 4.69) is 5.32 Å². The van der Waals surface area contributed by atoms with E-state index in [1.807, 2.05) is 0 Å². The van der Waals surface area contributed by atoms with Crippen LogP contribution in [0.3, 0.4) is 0 Å². The molecule has 3 atom stereocenters. The second-order valence-corrected chi connectivity index (χ2v) is 6.12. The molecule has 2 aliphatic rings. The van der Waals surface area contributed by atoms with Crippen molar-refractivity contribution >= 4 is 36.0 Å². The van der Waals surface area contributed by atoms with E-state index in [9.17, 15) is 24.3 Å². The number of rotatable bonds is 7. The van der Waals surface area contributed by atoms with E-state index < -0.39 is 23.9 Å². The maximum Gasteiger partial charge on any atom is 1.00 e. The summed E-state index contributed by atoms with van der Waals surface area (Å²) in [4.78, 5) is 46.3. The average Bonchev–Trinajstić information content (AvgIpc) is 2.78. The molecule has 1 N–H and O–H groups in total. The van der Waals surface area contributed by atoms with Gasteiger partial charge in [-0.3, -0.25) is 14.4 Å². The van der Waals surface area contributed by atoms with Gasteiger partial charge in [0.15, 0.2) is 0 Å². The first-order valence-electron chi connectivity index (χ1n) is 6.84. The summed E-state index contributed by atoms with van der Waals surface area (Å²) in [5.41, 5.74) is -0.160. The number of ether oxygens (including phenoxy) is 1. The largest absolute Gasteiger partial charge is 1.00 e. The third-order valence-corrected chi connectivity index (χ3v) is 4.62. The number of carboxylic acid groups (broad SMARTS) is 1. The van der Waals surface area contributed by atoms with Gasteiger partial charge in [-0.25, -0.2) is 0 Å². The first-order chi connectivity index (χ1) is 10.9. The summed E-state index contributed by atoms with van der Waals surface area (Å²) in [7, 11) is 0. The second kappa shape index (κ2) is 8.70. The Labute approximate surface area is 164 Å². The molecule has 124 valence electrons.